The molecule has 1 aromatic heterocycles. The SMILES string of the molecule is CC(=O)c1c(C)[nH]c(C(=O)OC(C)C(=O)c2cccc(Cl)c2)c1C. The van der Waals surface area contributed by atoms with Gasteiger partial charge in [-0.2, -0.15) is 0 Å². The van der Waals surface area contributed by atoms with Crippen LogP contribution >= 0.6 is 11.6 Å². The molecule has 0 amide bonds. The molecule has 0 fully saturated rings. The van der Waals surface area contributed by atoms with Gasteiger partial charge in [0.2, 0.25) is 5.78 Å². The lowest BCUT2D eigenvalue weighted by Crippen LogP contribution is -2.25. The molecule has 0 saturated carbocycles. The number of aromatic amines is 1. The van der Waals surface area contributed by atoms with Gasteiger partial charge in [-0.1, -0.05) is 23.7 Å². The zero-order chi connectivity index (χ0) is 18.0. The summed E-state index contributed by atoms with van der Waals surface area (Å²) in [6.07, 6.45) is -0.972. The Labute approximate surface area is 145 Å². The van der Waals surface area contributed by atoms with E-state index in [4.69, 9.17) is 16.3 Å². The summed E-state index contributed by atoms with van der Waals surface area (Å²) in [4.78, 5) is 39.1. The van der Waals surface area contributed by atoms with Crippen molar-refractivity contribution >= 4 is 29.1 Å². The van der Waals surface area contributed by atoms with E-state index in [0.717, 1.165) is 0 Å². The number of halogens is 1. The van der Waals surface area contributed by atoms with Crippen molar-refractivity contribution in [2.45, 2.75) is 33.8 Å². The van der Waals surface area contributed by atoms with Crippen LogP contribution in [0.4, 0.5) is 0 Å². The number of aryl methyl sites for hydroxylation is 1. The Morgan fingerprint density at radius 1 is 1.21 bits per heavy atom. The third-order valence-corrected chi connectivity index (χ3v) is 3.99. The number of hydrogen-bond donors (Lipinski definition) is 1. The maximum atomic E-state index is 12.3. The van der Waals surface area contributed by atoms with Crippen molar-refractivity contribution in [3.05, 3.63) is 57.4 Å². The zero-order valence-electron chi connectivity index (χ0n) is 13.9. The second-order valence-corrected chi connectivity index (χ2v) is 6.04. The van der Waals surface area contributed by atoms with E-state index < -0.39 is 12.1 Å². The quantitative estimate of drug-likeness (QED) is 0.657. The monoisotopic (exact) mass is 347 g/mol. The van der Waals surface area contributed by atoms with Crippen molar-refractivity contribution in [2.75, 3.05) is 0 Å². The van der Waals surface area contributed by atoms with Crippen LogP contribution in [0.15, 0.2) is 24.3 Å². The van der Waals surface area contributed by atoms with Crippen LogP contribution < -0.4 is 0 Å². The smallest absolute Gasteiger partial charge is 0.355 e. The maximum Gasteiger partial charge on any atom is 0.355 e. The summed E-state index contributed by atoms with van der Waals surface area (Å²) in [6, 6.07) is 6.44. The number of carbonyl (C=O) groups excluding carboxylic acids is 3. The molecule has 0 spiro atoms. The van der Waals surface area contributed by atoms with Gasteiger partial charge in [0, 0.05) is 21.8 Å². The van der Waals surface area contributed by atoms with Crippen LogP contribution in [0.25, 0.3) is 0 Å². The molecule has 0 aliphatic heterocycles. The molecule has 1 atom stereocenters. The standard InChI is InChI=1S/C18H18ClNO4/c1-9-15(11(3)21)10(2)20-16(9)18(23)24-12(4)17(22)13-6-5-7-14(19)8-13/h5-8,12,20H,1-4H3. The first-order valence-electron chi connectivity index (χ1n) is 7.43. The van der Waals surface area contributed by atoms with Crippen molar-refractivity contribution in [1.29, 1.82) is 0 Å². The fourth-order valence-electron chi connectivity index (χ4n) is 2.63. The Morgan fingerprint density at radius 3 is 2.42 bits per heavy atom. The van der Waals surface area contributed by atoms with Gasteiger partial charge in [-0.15, -0.1) is 0 Å². The van der Waals surface area contributed by atoms with Crippen molar-refractivity contribution in [2.24, 2.45) is 0 Å². The van der Waals surface area contributed by atoms with Crippen LogP contribution in [0.1, 0.15) is 56.3 Å². The Morgan fingerprint density at radius 2 is 1.88 bits per heavy atom. The highest BCUT2D eigenvalue weighted by Crippen LogP contribution is 2.20. The van der Waals surface area contributed by atoms with Crippen LogP contribution in [0.3, 0.4) is 0 Å². The van der Waals surface area contributed by atoms with Gasteiger partial charge in [-0.05, 0) is 45.4 Å². The van der Waals surface area contributed by atoms with Crippen LogP contribution in [-0.2, 0) is 4.74 Å². The van der Waals surface area contributed by atoms with E-state index in [1.54, 1.807) is 32.0 Å². The average molecular weight is 348 g/mol. The Balaban J connectivity index is 2.19. The van der Waals surface area contributed by atoms with Crippen molar-refractivity contribution < 1.29 is 19.1 Å². The van der Waals surface area contributed by atoms with Gasteiger partial charge in [0.1, 0.15) is 5.69 Å². The van der Waals surface area contributed by atoms with Crippen LogP contribution in [-0.4, -0.2) is 28.6 Å². The van der Waals surface area contributed by atoms with Gasteiger partial charge in [-0.25, -0.2) is 4.79 Å². The average Bonchev–Trinajstić information content (AvgIpc) is 2.81. The molecule has 2 rings (SSSR count). The minimum Gasteiger partial charge on any atom is -0.450 e. The predicted octanol–water partition coefficient (Wildman–Crippen LogP) is 3.92. The molecule has 0 aliphatic rings. The van der Waals surface area contributed by atoms with Gasteiger partial charge in [0.15, 0.2) is 11.9 Å². The number of carbonyl (C=O) groups is 3. The Hall–Kier alpha value is -2.40. The van der Waals surface area contributed by atoms with E-state index in [-0.39, 0.29) is 17.3 Å². The highest BCUT2D eigenvalue weighted by molar-refractivity contribution is 6.31. The molecule has 0 bridgehead atoms. The summed E-state index contributed by atoms with van der Waals surface area (Å²) in [5, 5.41) is 0.432. The van der Waals surface area contributed by atoms with Gasteiger partial charge < -0.3 is 9.72 Å². The number of esters is 1. The second kappa shape index (κ2) is 7.01. The number of Topliss-reactive ketones (excluding diaryl/α,β-unsaturated/α-hetero) is 2. The third-order valence-electron chi connectivity index (χ3n) is 3.76. The Bertz CT molecular complexity index is 822. The first kappa shape index (κ1) is 17.9. The first-order chi connectivity index (χ1) is 11.2. The second-order valence-electron chi connectivity index (χ2n) is 5.60. The lowest BCUT2D eigenvalue weighted by atomic mass is 10.1. The molecule has 5 nitrogen and oxygen atoms in total. The van der Waals surface area contributed by atoms with Crippen molar-refractivity contribution in [3.63, 3.8) is 0 Å². The van der Waals surface area contributed by atoms with E-state index in [0.29, 0.717) is 27.4 Å². The molecule has 6 heteroatoms. The molecule has 126 valence electrons. The number of H-pyrrole nitrogens is 1. The van der Waals surface area contributed by atoms with Gasteiger partial charge >= 0.3 is 5.97 Å². The van der Waals surface area contributed by atoms with E-state index in [1.807, 2.05) is 0 Å². The first-order valence-corrected chi connectivity index (χ1v) is 7.81. The van der Waals surface area contributed by atoms with Crippen molar-refractivity contribution in [3.8, 4) is 0 Å². The summed E-state index contributed by atoms with van der Waals surface area (Å²) in [5.41, 5.74) is 2.14. The highest BCUT2D eigenvalue weighted by atomic mass is 35.5. The Kier molecular flexibility index (Phi) is 5.24. The third kappa shape index (κ3) is 3.57. The number of ether oxygens (including phenoxy) is 1. The lowest BCUT2D eigenvalue weighted by Gasteiger charge is -2.12. The fourth-order valence-corrected chi connectivity index (χ4v) is 2.82. The normalized spacial score (nSPS) is 11.9. The molecule has 1 N–H and O–H groups in total. The van der Waals surface area contributed by atoms with Crippen LogP contribution in [0.5, 0.6) is 0 Å². The molecular formula is C18H18ClNO4. The minimum atomic E-state index is -0.972. The van der Waals surface area contributed by atoms with Gasteiger partial charge in [0.05, 0.1) is 0 Å². The lowest BCUT2D eigenvalue weighted by molar-refractivity contribution is 0.0313. The molecule has 0 aliphatic carbocycles. The number of rotatable bonds is 5. The molecule has 0 saturated heterocycles. The highest BCUT2D eigenvalue weighted by Gasteiger charge is 2.25. The molecule has 1 aromatic carbocycles. The number of benzene rings is 1. The summed E-state index contributed by atoms with van der Waals surface area (Å²) >= 11 is 5.87. The summed E-state index contributed by atoms with van der Waals surface area (Å²) in [7, 11) is 0. The number of ketones is 2. The summed E-state index contributed by atoms with van der Waals surface area (Å²) in [5.74, 6) is -1.16. The zero-order valence-corrected chi connectivity index (χ0v) is 14.7. The molecule has 0 radical (unpaired) electrons. The fraction of sp³-hybridized carbons (Fsp3) is 0.278. The predicted molar refractivity (Wildman–Crippen MR) is 90.9 cm³/mol. The summed E-state index contributed by atoms with van der Waals surface area (Å²) in [6.45, 7) is 6.31. The van der Waals surface area contributed by atoms with E-state index in [9.17, 15) is 14.4 Å². The minimum absolute atomic E-state index is 0.136. The number of aromatic nitrogens is 1. The van der Waals surface area contributed by atoms with E-state index >= 15 is 0 Å². The number of hydrogen-bond acceptors (Lipinski definition) is 4. The molecule has 1 heterocycles. The van der Waals surface area contributed by atoms with Gasteiger partial charge in [0.25, 0.3) is 0 Å². The molecular weight excluding hydrogens is 330 g/mol. The largest absolute Gasteiger partial charge is 0.450 e. The maximum absolute atomic E-state index is 12.3. The number of nitrogens with one attached hydrogen (secondary N) is 1. The molecule has 1 unspecified atom stereocenters. The van der Waals surface area contributed by atoms with E-state index in [1.165, 1.54) is 19.9 Å². The van der Waals surface area contributed by atoms with E-state index in [2.05, 4.69) is 4.98 Å². The molecule has 2 aromatic rings. The summed E-state index contributed by atoms with van der Waals surface area (Å²) < 4.78 is 5.25. The molecule has 24 heavy (non-hydrogen) atoms. The topological polar surface area (TPSA) is 76.2 Å². The van der Waals surface area contributed by atoms with Crippen molar-refractivity contribution in [1.82, 2.24) is 4.98 Å². The van der Waals surface area contributed by atoms with Gasteiger partial charge in [-0.3, -0.25) is 9.59 Å². The van der Waals surface area contributed by atoms with Crippen LogP contribution in [0, 0.1) is 13.8 Å². The van der Waals surface area contributed by atoms with Crippen LogP contribution in [0.2, 0.25) is 5.02 Å².